The number of rotatable bonds is 3. The molecule has 1 aromatic heterocycles. The highest BCUT2D eigenvalue weighted by Crippen LogP contribution is 2.25. The van der Waals surface area contributed by atoms with Gasteiger partial charge in [0.05, 0.1) is 0 Å². The minimum atomic E-state index is -1.10. The van der Waals surface area contributed by atoms with Gasteiger partial charge in [0.2, 0.25) is 0 Å². The number of nitrogens with two attached hydrogens (primary N) is 1. The summed E-state index contributed by atoms with van der Waals surface area (Å²) in [6.45, 7) is 0.312. The summed E-state index contributed by atoms with van der Waals surface area (Å²) in [5, 5.41) is 0.221. The van der Waals surface area contributed by atoms with Gasteiger partial charge in [0.25, 0.3) is 0 Å². The average molecular weight is 189 g/mol. The monoisotopic (exact) mass is 188 g/mol. The van der Waals surface area contributed by atoms with E-state index in [0.717, 1.165) is 0 Å². The lowest BCUT2D eigenvalue weighted by atomic mass is 10.1. The zero-order valence-corrected chi connectivity index (χ0v) is 7.26. The van der Waals surface area contributed by atoms with Gasteiger partial charge in [-0.2, -0.15) is 0 Å². The minimum Gasteiger partial charge on any atom is -0.330 e. The Labute approximate surface area is 75.6 Å². The Balaban J connectivity index is 2.79. The summed E-state index contributed by atoms with van der Waals surface area (Å²) in [7, 11) is 0. The van der Waals surface area contributed by atoms with Crippen molar-refractivity contribution in [3.8, 4) is 0 Å². The van der Waals surface area contributed by atoms with Crippen LogP contribution in [0, 0.1) is 0 Å². The van der Waals surface area contributed by atoms with Crippen molar-refractivity contribution in [1.29, 1.82) is 0 Å². The van der Waals surface area contributed by atoms with E-state index in [-0.39, 0.29) is 11.6 Å². The van der Waals surface area contributed by atoms with E-state index in [2.05, 4.69) is 4.98 Å². The van der Waals surface area contributed by atoms with Crippen LogP contribution >= 0.6 is 11.6 Å². The smallest absolute Gasteiger partial charge is 0.135 e. The molecule has 0 aromatic carbocycles. The molecule has 1 unspecified atom stereocenters. The Kier molecular flexibility index (Phi) is 3.44. The third-order valence-corrected chi connectivity index (χ3v) is 1.86. The van der Waals surface area contributed by atoms with E-state index >= 15 is 0 Å². The van der Waals surface area contributed by atoms with Gasteiger partial charge in [-0.05, 0) is 19.0 Å². The van der Waals surface area contributed by atoms with Gasteiger partial charge in [-0.1, -0.05) is 17.7 Å². The van der Waals surface area contributed by atoms with E-state index in [0.29, 0.717) is 12.1 Å². The highest BCUT2D eigenvalue weighted by Gasteiger charge is 2.12. The van der Waals surface area contributed by atoms with Crippen LogP contribution in [0.5, 0.6) is 0 Å². The zero-order chi connectivity index (χ0) is 8.97. The van der Waals surface area contributed by atoms with Crippen LogP contribution in [0.4, 0.5) is 4.39 Å². The first-order chi connectivity index (χ1) is 5.75. The fraction of sp³-hybridized carbons (Fsp3) is 0.375. The van der Waals surface area contributed by atoms with E-state index < -0.39 is 6.17 Å². The molecular formula is C8H10ClFN2. The number of halogens is 2. The highest BCUT2D eigenvalue weighted by atomic mass is 35.5. The predicted molar refractivity (Wildman–Crippen MR) is 46.8 cm³/mol. The molecule has 0 saturated carbocycles. The maximum Gasteiger partial charge on any atom is 0.135 e. The highest BCUT2D eigenvalue weighted by molar-refractivity contribution is 6.30. The second-order valence-corrected chi connectivity index (χ2v) is 2.79. The van der Waals surface area contributed by atoms with Gasteiger partial charge in [-0.3, -0.25) is 0 Å². The van der Waals surface area contributed by atoms with Crippen LogP contribution in [0.1, 0.15) is 18.2 Å². The van der Waals surface area contributed by atoms with Gasteiger partial charge >= 0.3 is 0 Å². The topological polar surface area (TPSA) is 38.9 Å². The molecule has 0 saturated heterocycles. The van der Waals surface area contributed by atoms with Crippen LogP contribution in [0.2, 0.25) is 5.15 Å². The first-order valence-corrected chi connectivity index (χ1v) is 4.08. The van der Waals surface area contributed by atoms with Crippen LogP contribution in [-0.4, -0.2) is 11.5 Å². The molecule has 66 valence electrons. The van der Waals surface area contributed by atoms with Gasteiger partial charge < -0.3 is 5.73 Å². The van der Waals surface area contributed by atoms with Crippen molar-refractivity contribution in [3.05, 3.63) is 29.0 Å². The average Bonchev–Trinajstić information content (AvgIpc) is 2.05. The zero-order valence-electron chi connectivity index (χ0n) is 6.50. The molecule has 0 aliphatic rings. The molecule has 4 heteroatoms. The number of nitrogens with zero attached hydrogens (tertiary/aromatic N) is 1. The van der Waals surface area contributed by atoms with Crippen LogP contribution in [0.3, 0.4) is 0 Å². The molecule has 2 N–H and O–H groups in total. The van der Waals surface area contributed by atoms with Crippen molar-refractivity contribution >= 4 is 11.6 Å². The van der Waals surface area contributed by atoms with Gasteiger partial charge in [-0.25, -0.2) is 9.37 Å². The van der Waals surface area contributed by atoms with E-state index in [1.165, 1.54) is 6.20 Å². The fourth-order valence-electron chi connectivity index (χ4n) is 0.934. The van der Waals surface area contributed by atoms with Gasteiger partial charge in [0, 0.05) is 11.8 Å². The van der Waals surface area contributed by atoms with Crippen molar-refractivity contribution < 1.29 is 4.39 Å². The largest absolute Gasteiger partial charge is 0.330 e. The summed E-state index contributed by atoms with van der Waals surface area (Å²) in [6, 6.07) is 3.28. The molecule has 0 fully saturated rings. The molecule has 2 nitrogen and oxygen atoms in total. The molecule has 0 aliphatic carbocycles. The summed E-state index contributed by atoms with van der Waals surface area (Å²) in [6.07, 6.45) is 0.711. The first-order valence-electron chi connectivity index (χ1n) is 3.70. The molecule has 1 heterocycles. The normalized spacial score (nSPS) is 12.9. The SMILES string of the molecule is NCCC(F)c1cccnc1Cl. The predicted octanol–water partition coefficient (Wildman–Crippen LogP) is 2.09. The molecule has 12 heavy (non-hydrogen) atoms. The molecule has 1 atom stereocenters. The maximum atomic E-state index is 13.2. The van der Waals surface area contributed by atoms with E-state index in [1.807, 2.05) is 0 Å². The summed E-state index contributed by atoms with van der Waals surface area (Å²) < 4.78 is 13.2. The molecule has 0 spiro atoms. The van der Waals surface area contributed by atoms with Crippen molar-refractivity contribution in [2.45, 2.75) is 12.6 Å². The van der Waals surface area contributed by atoms with Crippen molar-refractivity contribution in [2.75, 3.05) is 6.54 Å². The van der Waals surface area contributed by atoms with Crippen molar-refractivity contribution in [1.82, 2.24) is 4.98 Å². The van der Waals surface area contributed by atoms with E-state index in [9.17, 15) is 4.39 Å². The molecular weight excluding hydrogens is 179 g/mol. The van der Waals surface area contributed by atoms with Gasteiger partial charge in [0.1, 0.15) is 11.3 Å². The number of pyridine rings is 1. The van der Waals surface area contributed by atoms with Gasteiger partial charge in [-0.15, -0.1) is 0 Å². The molecule has 0 amide bonds. The summed E-state index contributed by atoms with van der Waals surface area (Å²) >= 11 is 5.66. The molecule has 0 radical (unpaired) electrons. The van der Waals surface area contributed by atoms with Crippen LogP contribution in [-0.2, 0) is 0 Å². The Bertz CT molecular complexity index is 255. The van der Waals surface area contributed by atoms with E-state index in [4.69, 9.17) is 17.3 Å². The maximum absolute atomic E-state index is 13.2. The molecule has 0 aliphatic heterocycles. The lowest BCUT2D eigenvalue weighted by Gasteiger charge is -2.07. The summed E-state index contributed by atoms with van der Waals surface area (Å²) in [4.78, 5) is 3.77. The Morgan fingerprint density at radius 3 is 3.00 bits per heavy atom. The summed E-state index contributed by atoms with van der Waals surface area (Å²) in [5.41, 5.74) is 5.63. The number of aromatic nitrogens is 1. The van der Waals surface area contributed by atoms with Crippen molar-refractivity contribution in [3.63, 3.8) is 0 Å². The Morgan fingerprint density at radius 2 is 2.42 bits per heavy atom. The van der Waals surface area contributed by atoms with Crippen LogP contribution in [0.25, 0.3) is 0 Å². The number of hydrogen-bond acceptors (Lipinski definition) is 2. The third kappa shape index (κ3) is 2.16. The quantitative estimate of drug-likeness (QED) is 0.738. The number of hydrogen-bond donors (Lipinski definition) is 1. The lowest BCUT2D eigenvalue weighted by molar-refractivity contribution is 0.327. The van der Waals surface area contributed by atoms with Crippen LogP contribution in [0.15, 0.2) is 18.3 Å². The molecule has 0 bridgehead atoms. The van der Waals surface area contributed by atoms with Gasteiger partial charge in [0.15, 0.2) is 0 Å². The fourth-order valence-corrected chi connectivity index (χ4v) is 1.17. The Hall–Kier alpha value is -0.670. The van der Waals surface area contributed by atoms with E-state index in [1.54, 1.807) is 12.1 Å². The second-order valence-electron chi connectivity index (χ2n) is 2.43. The lowest BCUT2D eigenvalue weighted by Crippen LogP contribution is -2.04. The molecule has 1 rings (SSSR count). The first kappa shape index (κ1) is 9.42. The minimum absolute atomic E-state index is 0.221. The third-order valence-electron chi connectivity index (χ3n) is 1.55. The Morgan fingerprint density at radius 1 is 1.67 bits per heavy atom. The van der Waals surface area contributed by atoms with Crippen molar-refractivity contribution in [2.24, 2.45) is 5.73 Å². The van der Waals surface area contributed by atoms with Crippen LogP contribution < -0.4 is 5.73 Å². The molecule has 1 aromatic rings. The number of alkyl halides is 1. The standard InChI is InChI=1S/C8H10ClFN2/c9-8-6(2-1-5-12-8)7(10)3-4-11/h1-2,5,7H,3-4,11H2. The second kappa shape index (κ2) is 4.38. The summed E-state index contributed by atoms with van der Waals surface area (Å²) in [5.74, 6) is 0.